The number of aromatic nitrogens is 1. The molecule has 0 radical (unpaired) electrons. The van der Waals surface area contributed by atoms with E-state index in [9.17, 15) is 9.59 Å². The van der Waals surface area contributed by atoms with Crippen LogP contribution >= 0.6 is 0 Å². The molecule has 7 nitrogen and oxygen atoms in total. The second kappa shape index (κ2) is 11.5. The summed E-state index contributed by atoms with van der Waals surface area (Å²) >= 11 is 0. The normalized spacial score (nSPS) is 14.6. The van der Waals surface area contributed by atoms with Gasteiger partial charge in [0, 0.05) is 24.0 Å². The molecule has 1 heterocycles. The summed E-state index contributed by atoms with van der Waals surface area (Å²) in [6.45, 7) is 0. The van der Waals surface area contributed by atoms with Crippen molar-refractivity contribution in [2.24, 2.45) is 0 Å². The van der Waals surface area contributed by atoms with Crippen molar-refractivity contribution in [3.8, 4) is 11.5 Å². The van der Waals surface area contributed by atoms with Crippen LogP contribution in [0.25, 0.3) is 0 Å². The van der Waals surface area contributed by atoms with Crippen LogP contribution in [0.4, 0.5) is 5.69 Å². The molecule has 3 aromatic rings. The van der Waals surface area contributed by atoms with Gasteiger partial charge in [-0.05, 0) is 54.8 Å². The van der Waals surface area contributed by atoms with Gasteiger partial charge < -0.3 is 14.8 Å². The van der Waals surface area contributed by atoms with Gasteiger partial charge in [0.15, 0.2) is 0 Å². The number of hydrogen-bond acceptors (Lipinski definition) is 5. The molecule has 2 aromatic carbocycles. The van der Waals surface area contributed by atoms with E-state index in [2.05, 4.69) is 10.3 Å². The SMILES string of the molecule is COc1ccc(C(C(=O)NC2CCCCC2)N(C(=O)c2ccccn2)c2cccc(OC)c2)cc1. The minimum Gasteiger partial charge on any atom is -0.497 e. The molecule has 1 aromatic heterocycles. The molecule has 4 rings (SSSR count). The third kappa shape index (κ3) is 5.80. The maximum Gasteiger partial charge on any atom is 0.277 e. The second-order valence-corrected chi connectivity index (χ2v) is 8.61. The molecule has 0 bridgehead atoms. The van der Waals surface area contributed by atoms with E-state index >= 15 is 0 Å². The molecule has 1 atom stereocenters. The first-order valence-electron chi connectivity index (χ1n) is 11.9. The molecule has 1 saturated carbocycles. The molecule has 35 heavy (non-hydrogen) atoms. The molecule has 1 aliphatic rings. The van der Waals surface area contributed by atoms with Gasteiger partial charge in [0.25, 0.3) is 5.91 Å². The molecule has 182 valence electrons. The number of carbonyl (C=O) groups is 2. The second-order valence-electron chi connectivity index (χ2n) is 8.61. The summed E-state index contributed by atoms with van der Waals surface area (Å²) in [5, 5.41) is 3.22. The van der Waals surface area contributed by atoms with Crippen LogP contribution in [0, 0.1) is 0 Å². The van der Waals surface area contributed by atoms with Crippen LogP contribution in [0.3, 0.4) is 0 Å². The average Bonchev–Trinajstić information content (AvgIpc) is 2.92. The number of carbonyl (C=O) groups excluding carboxylic acids is 2. The Labute approximate surface area is 206 Å². The molecular weight excluding hydrogens is 442 g/mol. The summed E-state index contributed by atoms with van der Waals surface area (Å²) in [5.74, 6) is 0.652. The lowest BCUT2D eigenvalue weighted by Crippen LogP contribution is -2.47. The fourth-order valence-electron chi connectivity index (χ4n) is 4.49. The standard InChI is InChI=1S/C28H31N3O4/c1-34-23-16-14-20(15-17-23)26(27(32)30-21-9-4-3-5-10-21)31(22-11-8-12-24(19-22)35-2)28(33)25-13-6-7-18-29-25/h6-8,11-19,21,26H,3-5,9-10H2,1-2H3,(H,30,32). The number of nitrogens with zero attached hydrogens (tertiary/aromatic N) is 2. The van der Waals surface area contributed by atoms with Crippen molar-refractivity contribution in [2.75, 3.05) is 19.1 Å². The lowest BCUT2D eigenvalue weighted by Gasteiger charge is -2.33. The lowest BCUT2D eigenvalue weighted by molar-refractivity contribution is -0.123. The highest BCUT2D eigenvalue weighted by atomic mass is 16.5. The summed E-state index contributed by atoms with van der Waals surface area (Å²) < 4.78 is 10.7. The van der Waals surface area contributed by atoms with Crippen molar-refractivity contribution in [3.63, 3.8) is 0 Å². The number of methoxy groups -OCH3 is 2. The predicted molar refractivity (Wildman–Crippen MR) is 135 cm³/mol. The minimum atomic E-state index is -0.913. The van der Waals surface area contributed by atoms with Gasteiger partial charge in [-0.25, -0.2) is 0 Å². The van der Waals surface area contributed by atoms with E-state index in [4.69, 9.17) is 9.47 Å². The third-order valence-corrected chi connectivity index (χ3v) is 6.32. The Morgan fingerprint density at radius 1 is 0.914 bits per heavy atom. The van der Waals surface area contributed by atoms with Crippen LogP contribution in [0.5, 0.6) is 11.5 Å². The molecule has 7 heteroatoms. The van der Waals surface area contributed by atoms with E-state index in [1.165, 1.54) is 11.3 Å². The van der Waals surface area contributed by atoms with Crippen molar-refractivity contribution < 1.29 is 19.1 Å². The van der Waals surface area contributed by atoms with E-state index in [1.807, 2.05) is 12.1 Å². The maximum absolute atomic E-state index is 13.9. The van der Waals surface area contributed by atoms with Crippen LogP contribution in [0.1, 0.15) is 54.2 Å². The number of rotatable bonds is 8. The van der Waals surface area contributed by atoms with Gasteiger partial charge in [0.2, 0.25) is 5.91 Å². The lowest BCUT2D eigenvalue weighted by atomic mass is 9.94. The number of hydrogen-bond donors (Lipinski definition) is 1. The van der Waals surface area contributed by atoms with E-state index in [0.717, 1.165) is 25.7 Å². The van der Waals surface area contributed by atoms with Crippen molar-refractivity contribution in [2.45, 2.75) is 44.2 Å². The molecular formula is C28H31N3O4. The van der Waals surface area contributed by atoms with Gasteiger partial charge in [-0.3, -0.25) is 19.5 Å². The minimum absolute atomic E-state index is 0.0918. The number of anilines is 1. The summed E-state index contributed by atoms with van der Waals surface area (Å²) in [7, 11) is 3.16. The average molecular weight is 474 g/mol. The highest BCUT2D eigenvalue weighted by molar-refractivity contribution is 6.09. The summed E-state index contributed by atoms with van der Waals surface area (Å²) in [6, 6.07) is 18.7. The molecule has 1 fully saturated rings. The molecule has 2 amide bonds. The van der Waals surface area contributed by atoms with Gasteiger partial charge in [0.1, 0.15) is 23.2 Å². The molecule has 0 aliphatic heterocycles. The fourth-order valence-corrected chi connectivity index (χ4v) is 4.49. The first kappa shape index (κ1) is 24.3. The molecule has 0 spiro atoms. The number of amides is 2. The van der Waals surface area contributed by atoms with E-state index < -0.39 is 6.04 Å². The van der Waals surface area contributed by atoms with Gasteiger partial charge >= 0.3 is 0 Å². The van der Waals surface area contributed by atoms with Crippen molar-refractivity contribution in [1.29, 1.82) is 0 Å². The molecule has 1 aliphatic carbocycles. The Morgan fingerprint density at radius 3 is 2.31 bits per heavy atom. The molecule has 1 N–H and O–H groups in total. The smallest absolute Gasteiger partial charge is 0.277 e. The maximum atomic E-state index is 13.9. The topological polar surface area (TPSA) is 80.8 Å². The summed E-state index contributed by atoms with van der Waals surface area (Å²) in [5.41, 5.74) is 1.46. The Morgan fingerprint density at radius 2 is 1.66 bits per heavy atom. The van der Waals surface area contributed by atoms with Crippen LogP contribution in [0.15, 0.2) is 72.9 Å². The number of nitrogens with one attached hydrogen (secondary N) is 1. The van der Waals surface area contributed by atoms with Gasteiger partial charge in [0.05, 0.1) is 14.2 Å². The Hall–Kier alpha value is -3.87. The quantitative estimate of drug-likeness (QED) is 0.501. The van der Waals surface area contributed by atoms with E-state index in [-0.39, 0.29) is 23.6 Å². The van der Waals surface area contributed by atoms with E-state index in [1.54, 1.807) is 75.0 Å². The summed E-state index contributed by atoms with van der Waals surface area (Å²) in [4.78, 5) is 33.6. The van der Waals surface area contributed by atoms with Crippen LogP contribution in [-0.2, 0) is 4.79 Å². The van der Waals surface area contributed by atoms with Crippen LogP contribution in [-0.4, -0.2) is 37.1 Å². The van der Waals surface area contributed by atoms with Crippen LogP contribution in [0.2, 0.25) is 0 Å². The van der Waals surface area contributed by atoms with Gasteiger partial charge in [-0.15, -0.1) is 0 Å². The highest BCUT2D eigenvalue weighted by Crippen LogP contribution is 2.33. The highest BCUT2D eigenvalue weighted by Gasteiger charge is 2.35. The predicted octanol–water partition coefficient (Wildman–Crippen LogP) is 4.94. The first-order chi connectivity index (χ1) is 17.1. The molecule has 1 unspecified atom stereocenters. The zero-order valence-corrected chi connectivity index (χ0v) is 20.1. The fraction of sp³-hybridized carbons (Fsp3) is 0.321. The largest absolute Gasteiger partial charge is 0.497 e. The zero-order valence-electron chi connectivity index (χ0n) is 20.1. The van der Waals surface area contributed by atoms with Gasteiger partial charge in [-0.2, -0.15) is 0 Å². The van der Waals surface area contributed by atoms with Crippen molar-refractivity contribution in [3.05, 3.63) is 84.2 Å². The zero-order chi connectivity index (χ0) is 24.6. The Balaban J connectivity index is 1.81. The van der Waals surface area contributed by atoms with Crippen molar-refractivity contribution >= 4 is 17.5 Å². The third-order valence-electron chi connectivity index (χ3n) is 6.32. The summed E-state index contributed by atoms with van der Waals surface area (Å²) in [6.07, 6.45) is 6.81. The number of benzene rings is 2. The van der Waals surface area contributed by atoms with Crippen LogP contribution < -0.4 is 19.7 Å². The number of ether oxygens (including phenoxy) is 2. The first-order valence-corrected chi connectivity index (χ1v) is 11.9. The van der Waals surface area contributed by atoms with E-state index in [0.29, 0.717) is 22.7 Å². The molecule has 0 saturated heterocycles. The van der Waals surface area contributed by atoms with Crippen molar-refractivity contribution in [1.82, 2.24) is 10.3 Å². The van der Waals surface area contributed by atoms with Gasteiger partial charge in [-0.1, -0.05) is 43.5 Å². The Bertz CT molecular complexity index is 1130. The number of pyridine rings is 1. The monoisotopic (exact) mass is 473 g/mol. The Kier molecular flexibility index (Phi) is 7.98.